The van der Waals surface area contributed by atoms with E-state index < -0.39 is 0 Å². The van der Waals surface area contributed by atoms with Crippen molar-refractivity contribution in [2.75, 3.05) is 24.5 Å². The van der Waals surface area contributed by atoms with Crippen LogP contribution < -0.4 is 10.2 Å². The fraction of sp³-hybridized carbons (Fsp3) is 0.667. The normalized spacial score (nSPS) is 18.5. The molecule has 6 heteroatoms. The lowest BCUT2D eigenvalue weighted by molar-refractivity contribution is -0.385. The quantitative estimate of drug-likeness (QED) is 0.644. The molecule has 6 nitrogen and oxygen atoms in total. The van der Waals surface area contributed by atoms with Crippen molar-refractivity contribution < 1.29 is 4.92 Å². The third kappa shape index (κ3) is 4.14. The van der Waals surface area contributed by atoms with E-state index in [1.165, 1.54) is 25.5 Å². The second kappa shape index (κ2) is 7.36. The van der Waals surface area contributed by atoms with Gasteiger partial charge in [0.1, 0.15) is 12.0 Å². The van der Waals surface area contributed by atoms with E-state index in [1.54, 1.807) is 6.92 Å². The summed E-state index contributed by atoms with van der Waals surface area (Å²) in [4.78, 5) is 17.0. The van der Waals surface area contributed by atoms with E-state index in [2.05, 4.69) is 22.1 Å². The number of hydrogen-bond donors (Lipinski definition) is 1. The van der Waals surface area contributed by atoms with Crippen molar-refractivity contribution in [2.45, 2.75) is 45.6 Å². The highest BCUT2D eigenvalue weighted by Gasteiger charge is 2.19. The average Bonchev–Trinajstić information content (AvgIpc) is 2.47. The van der Waals surface area contributed by atoms with Crippen molar-refractivity contribution in [3.8, 4) is 0 Å². The molecule has 0 aromatic carbocycles. The van der Waals surface area contributed by atoms with Crippen LogP contribution in [0.15, 0.2) is 12.3 Å². The molecule has 1 saturated heterocycles. The van der Waals surface area contributed by atoms with Crippen molar-refractivity contribution in [2.24, 2.45) is 0 Å². The van der Waals surface area contributed by atoms with E-state index in [9.17, 15) is 10.1 Å². The third-order valence-electron chi connectivity index (χ3n) is 3.94. The van der Waals surface area contributed by atoms with Gasteiger partial charge in [-0.15, -0.1) is 0 Å². The number of rotatable bonds is 6. The summed E-state index contributed by atoms with van der Waals surface area (Å²) >= 11 is 0. The van der Waals surface area contributed by atoms with Gasteiger partial charge in [-0.2, -0.15) is 0 Å². The van der Waals surface area contributed by atoms with Crippen LogP contribution in [0.3, 0.4) is 0 Å². The van der Waals surface area contributed by atoms with Crippen molar-refractivity contribution in [3.63, 3.8) is 0 Å². The molecule has 1 N–H and O–H groups in total. The standard InChI is InChI=1S/C15H24N4O2/c1-3-8-18(11-13-6-4-5-7-16-13)15-9-12(2)14(10-17-15)19(20)21/h9-10,13,16H,3-8,11H2,1-2H3. The van der Waals surface area contributed by atoms with E-state index in [-0.39, 0.29) is 10.6 Å². The molecule has 0 bridgehead atoms. The Balaban J connectivity index is 2.13. The van der Waals surface area contributed by atoms with Crippen LogP contribution in [0.4, 0.5) is 11.5 Å². The Morgan fingerprint density at radius 1 is 1.52 bits per heavy atom. The Labute approximate surface area is 125 Å². The number of nitrogens with zero attached hydrogens (tertiary/aromatic N) is 3. The lowest BCUT2D eigenvalue weighted by Crippen LogP contribution is -2.44. The van der Waals surface area contributed by atoms with Gasteiger partial charge in [-0.1, -0.05) is 13.3 Å². The third-order valence-corrected chi connectivity index (χ3v) is 3.94. The first-order valence-electron chi connectivity index (χ1n) is 7.71. The number of aryl methyl sites for hydroxylation is 1. The molecule has 2 heterocycles. The van der Waals surface area contributed by atoms with Gasteiger partial charge in [0.25, 0.3) is 5.69 Å². The van der Waals surface area contributed by atoms with Crippen LogP contribution in [0.2, 0.25) is 0 Å². The molecule has 21 heavy (non-hydrogen) atoms. The topological polar surface area (TPSA) is 71.3 Å². The number of nitrogens with one attached hydrogen (secondary N) is 1. The van der Waals surface area contributed by atoms with Gasteiger partial charge in [-0.05, 0) is 38.8 Å². The lowest BCUT2D eigenvalue weighted by atomic mass is 10.0. The van der Waals surface area contributed by atoms with Gasteiger partial charge in [-0.25, -0.2) is 4.98 Å². The lowest BCUT2D eigenvalue weighted by Gasteiger charge is -2.31. The first-order chi connectivity index (χ1) is 10.1. The molecule has 1 aromatic heterocycles. The zero-order chi connectivity index (χ0) is 15.2. The van der Waals surface area contributed by atoms with Crippen LogP contribution >= 0.6 is 0 Å². The second-order valence-corrected chi connectivity index (χ2v) is 5.68. The van der Waals surface area contributed by atoms with E-state index in [1.807, 2.05) is 6.07 Å². The number of pyridine rings is 1. The Morgan fingerprint density at radius 2 is 2.33 bits per heavy atom. The summed E-state index contributed by atoms with van der Waals surface area (Å²) in [5.41, 5.74) is 0.758. The largest absolute Gasteiger partial charge is 0.355 e. The van der Waals surface area contributed by atoms with Gasteiger partial charge < -0.3 is 10.2 Å². The van der Waals surface area contributed by atoms with Crippen molar-refractivity contribution >= 4 is 11.5 Å². The van der Waals surface area contributed by atoms with Crippen LogP contribution in [0.5, 0.6) is 0 Å². The molecule has 1 unspecified atom stereocenters. The van der Waals surface area contributed by atoms with E-state index in [4.69, 9.17) is 0 Å². The van der Waals surface area contributed by atoms with Gasteiger partial charge >= 0.3 is 0 Å². The highest BCUT2D eigenvalue weighted by molar-refractivity contribution is 5.48. The highest BCUT2D eigenvalue weighted by atomic mass is 16.6. The Kier molecular flexibility index (Phi) is 5.50. The zero-order valence-electron chi connectivity index (χ0n) is 12.8. The van der Waals surface area contributed by atoms with Crippen LogP contribution in [-0.2, 0) is 0 Å². The van der Waals surface area contributed by atoms with E-state index in [0.29, 0.717) is 11.6 Å². The summed E-state index contributed by atoms with van der Waals surface area (Å²) in [5.74, 6) is 0.840. The number of piperidine rings is 1. The van der Waals surface area contributed by atoms with Crippen LogP contribution in [0.25, 0.3) is 0 Å². The van der Waals surface area contributed by atoms with Crippen molar-refractivity contribution in [3.05, 3.63) is 27.9 Å². The maximum absolute atomic E-state index is 10.9. The first-order valence-corrected chi connectivity index (χ1v) is 7.71. The molecule has 1 aliphatic rings. The highest BCUT2D eigenvalue weighted by Crippen LogP contribution is 2.22. The molecule has 116 valence electrons. The van der Waals surface area contributed by atoms with Crippen molar-refractivity contribution in [1.82, 2.24) is 10.3 Å². The van der Waals surface area contributed by atoms with Crippen LogP contribution in [-0.4, -0.2) is 35.6 Å². The number of anilines is 1. The summed E-state index contributed by atoms with van der Waals surface area (Å²) in [6.45, 7) is 6.82. The minimum absolute atomic E-state index is 0.0889. The maximum Gasteiger partial charge on any atom is 0.290 e. The van der Waals surface area contributed by atoms with Gasteiger partial charge in [0.05, 0.1) is 4.92 Å². The maximum atomic E-state index is 10.9. The fourth-order valence-electron chi connectivity index (χ4n) is 2.81. The Morgan fingerprint density at radius 3 is 2.90 bits per heavy atom. The molecule has 0 radical (unpaired) electrons. The molecule has 1 atom stereocenters. The van der Waals surface area contributed by atoms with E-state index >= 15 is 0 Å². The van der Waals surface area contributed by atoms with Gasteiger partial charge in [0.15, 0.2) is 0 Å². The summed E-state index contributed by atoms with van der Waals surface area (Å²) in [6, 6.07) is 2.32. The summed E-state index contributed by atoms with van der Waals surface area (Å²) in [6.07, 6.45) is 6.11. The Bertz CT molecular complexity index is 487. The molecule has 0 amide bonds. The molecule has 1 fully saturated rings. The average molecular weight is 292 g/mol. The molecule has 2 rings (SSSR count). The van der Waals surface area contributed by atoms with Crippen LogP contribution in [0, 0.1) is 17.0 Å². The minimum Gasteiger partial charge on any atom is -0.355 e. The second-order valence-electron chi connectivity index (χ2n) is 5.68. The molecule has 1 aliphatic heterocycles. The monoisotopic (exact) mass is 292 g/mol. The Hall–Kier alpha value is -1.69. The summed E-state index contributed by atoms with van der Waals surface area (Å²) in [7, 11) is 0. The summed E-state index contributed by atoms with van der Waals surface area (Å²) < 4.78 is 0. The molecule has 1 aromatic rings. The predicted octanol–water partition coefficient (Wildman–Crippen LogP) is 2.66. The molecule has 0 saturated carbocycles. The van der Waals surface area contributed by atoms with Gasteiger partial charge in [0, 0.05) is 24.7 Å². The zero-order valence-corrected chi connectivity index (χ0v) is 12.8. The molecule has 0 spiro atoms. The van der Waals surface area contributed by atoms with Gasteiger partial charge in [-0.3, -0.25) is 10.1 Å². The van der Waals surface area contributed by atoms with Crippen molar-refractivity contribution in [1.29, 1.82) is 0 Å². The number of nitro groups is 1. The first kappa shape index (κ1) is 15.7. The smallest absolute Gasteiger partial charge is 0.290 e. The number of aromatic nitrogens is 1. The predicted molar refractivity (Wildman–Crippen MR) is 83.8 cm³/mol. The number of hydrogen-bond acceptors (Lipinski definition) is 5. The van der Waals surface area contributed by atoms with E-state index in [0.717, 1.165) is 31.9 Å². The molecular formula is C15H24N4O2. The fourth-order valence-corrected chi connectivity index (χ4v) is 2.81. The van der Waals surface area contributed by atoms with Crippen LogP contribution in [0.1, 0.15) is 38.2 Å². The van der Waals surface area contributed by atoms with Gasteiger partial charge in [0.2, 0.25) is 0 Å². The minimum atomic E-state index is -0.376. The SMILES string of the molecule is CCCN(CC1CCCCN1)c1cc(C)c([N+](=O)[O-])cn1. The molecular weight excluding hydrogens is 268 g/mol. The molecule has 0 aliphatic carbocycles. The summed E-state index contributed by atoms with van der Waals surface area (Å²) in [5, 5.41) is 14.4.